The van der Waals surface area contributed by atoms with Crippen LogP contribution in [0.2, 0.25) is 0 Å². The Balaban J connectivity index is 0.00000288. The van der Waals surface area contributed by atoms with Crippen LogP contribution in [0.25, 0.3) is 0 Å². The number of rotatable bonds is 10. The lowest BCUT2D eigenvalue weighted by molar-refractivity contribution is 0.304. The molecule has 0 bridgehead atoms. The molecule has 140 valence electrons. The minimum atomic E-state index is 0. The molecule has 0 amide bonds. The van der Waals surface area contributed by atoms with Crippen molar-refractivity contribution in [2.45, 2.75) is 26.5 Å². The number of nitrogens with one attached hydrogen (secondary N) is 2. The third-order valence-corrected chi connectivity index (χ3v) is 4.14. The average molecular weight is 450 g/mol. The van der Waals surface area contributed by atoms with Gasteiger partial charge in [-0.2, -0.15) is 0 Å². The minimum Gasteiger partial charge on any atom is -0.488 e. The van der Waals surface area contributed by atoms with Crippen molar-refractivity contribution in [3.05, 3.63) is 64.1 Å². The lowest BCUT2D eigenvalue weighted by Crippen LogP contribution is -2.21. The first-order valence-corrected chi connectivity index (χ1v) is 8.95. The molecule has 2 aromatic rings. The van der Waals surface area contributed by atoms with E-state index in [0.717, 1.165) is 42.8 Å². The fourth-order valence-electron chi connectivity index (χ4n) is 2.25. The van der Waals surface area contributed by atoms with E-state index in [1.165, 1.54) is 11.1 Å². The van der Waals surface area contributed by atoms with Crippen molar-refractivity contribution >= 4 is 40.7 Å². The van der Waals surface area contributed by atoms with Gasteiger partial charge in [-0.25, -0.2) is 0 Å². The lowest BCUT2D eigenvalue weighted by Gasteiger charge is -2.11. The van der Waals surface area contributed by atoms with E-state index >= 15 is 0 Å². The zero-order chi connectivity index (χ0) is 16.3. The molecule has 0 unspecified atom stereocenters. The Morgan fingerprint density at radius 3 is 2.32 bits per heavy atom. The molecule has 2 rings (SSSR count). The van der Waals surface area contributed by atoms with E-state index in [9.17, 15) is 0 Å². The SMILES string of the molecule is CCNCCCNCc1ccc(OCc2ccccc2)c(Br)c1.Cl.Cl. The van der Waals surface area contributed by atoms with Crippen LogP contribution in [0.5, 0.6) is 5.75 Å². The van der Waals surface area contributed by atoms with Crippen molar-refractivity contribution in [2.24, 2.45) is 0 Å². The van der Waals surface area contributed by atoms with Gasteiger partial charge >= 0.3 is 0 Å². The Hall–Kier alpha value is -0.780. The number of hydrogen-bond acceptors (Lipinski definition) is 3. The summed E-state index contributed by atoms with van der Waals surface area (Å²) in [6, 6.07) is 16.5. The van der Waals surface area contributed by atoms with Gasteiger partial charge in [0, 0.05) is 6.54 Å². The van der Waals surface area contributed by atoms with Gasteiger partial charge in [-0.1, -0.05) is 43.3 Å². The van der Waals surface area contributed by atoms with Crippen molar-refractivity contribution in [1.82, 2.24) is 10.6 Å². The predicted octanol–water partition coefficient (Wildman–Crippen LogP) is 4.96. The fourth-order valence-corrected chi connectivity index (χ4v) is 2.80. The first-order valence-electron chi connectivity index (χ1n) is 8.16. The summed E-state index contributed by atoms with van der Waals surface area (Å²) in [4.78, 5) is 0. The number of hydrogen-bond donors (Lipinski definition) is 2. The second-order valence-corrected chi connectivity index (χ2v) is 6.28. The summed E-state index contributed by atoms with van der Waals surface area (Å²) in [5, 5.41) is 6.79. The maximum atomic E-state index is 5.87. The average Bonchev–Trinajstić information content (AvgIpc) is 2.58. The van der Waals surface area contributed by atoms with Crippen molar-refractivity contribution in [3.63, 3.8) is 0 Å². The van der Waals surface area contributed by atoms with Gasteiger partial charge < -0.3 is 15.4 Å². The Labute approximate surface area is 171 Å². The summed E-state index contributed by atoms with van der Waals surface area (Å²) in [7, 11) is 0. The zero-order valence-corrected chi connectivity index (χ0v) is 17.7. The quantitative estimate of drug-likeness (QED) is 0.503. The lowest BCUT2D eigenvalue weighted by atomic mass is 10.2. The van der Waals surface area contributed by atoms with Crippen molar-refractivity contribution in [1.29, 1.82) is 0 Å². The Kier molecular flexibility index (Phi) is 13.9. The van der Waals surface area contributed by atoms with E-state index in [1.54, 1.807) is 0 Å². The molecule has 0 saturated heterocycles. The summed E-state index contributed by atoms with van der Waals surface area (Å²) >= 11 is 3.60. The van der Waals surface area contributed by atoms with Crippen molar-refractivity contribution < 1.29 is 4.74 Å². The molecular weight excluding hydrogens is 423 g/mol. The molecule has 0 radical (unpaired) electrons. The Morgan fingerprint density at radius 1 is 0.920 bits per heavy atom. The Bertz CT molecular complexity index is 585. The van der Waals surface area contributed by atoms with Crippen LogP contribution < -0.4 is 15.4 Å². The van der Waals surface area contributed by atoms with Crippen LogP contribution >= 0.6 is 40.7 Å². The van der Waals surface area contributed by atoms with E-state index in [1.807, 2.05) is 24.3 Å². The van der Waals surface area contributed by atoms with Crippen LogP contribution in [0.15, 0.2) is 53.0 Å². The molecule has 0 heterocycles. The molecular formula is C19H27BrCl2N2O. The smallest absolute Gasteiger partial charge is 0.134 e. The van der Waals surface area contributed by atoms with Gasteiger partial charge in [-0.15, -0.1) is 24.8 Å². The molecule has 0 aliphatic heterocycles. The highest BCUT2D eigenvalue weighted by Gasteiger charge is 2.03. The molecule has 0 aliphatic rings. The van der Waals surface area contributed by atoms with E-state index in [4.69, 9.17) is 4.74 Å². The molecule has 3 nitrogen and oxygen atoms in total. The topological polar surface area (TPSA) is 33.3 Å². The maximum absolute atomic E-state index is 5.87. The number of halogens is 3. The molecule has 2 N–H and O–H groups in total. The molecule has 0 aromatic heterocycles. The number of benzene rings is 2. The van der Waals surface area contributed by atoms with E-state index in [2.05, 4.69) is 57.8 Å². The highest BCUT2D eigenvalue weighted by Crippen LogP contribution is 2.26. The molecule has 0 fully saturated rings. The summed E-state index contributed by atoms with van der Waals surface area (Å²) in [5.41, 5.74) is 2.43. The molecule has 25 heavy (non-hydrogen) atoms. The van der Waals surface area contributed by atoms with E-state index < -0.39 is 0 Å². The molecule has 2 aromatic carbocycles. The van der Waals surface area contributed by atoms with Crippen LogP contribution in [0.3, 0.4) is 0 Å². The van der Waals surface area contributed by atoms with Crippen molar-refractivity contribution in [2.75, 3.05) is 19.6 Å². The van der Waals surface area contributed by atoms with E-state index in [-0.39, 0.29) is 24.8 Å². The molecule has 0 aliphatic carbocycles. The van der Waals surface area contributed by atoms with Gasteiger partial charge in [0.05, 0.1) is 4.47 Å². The van der Waals surface area contributed by atoms with Gasteiger partial charge in [0.2, 0.25) is 0 Å². The van der Waals surface area contributed by atoms with Gasteiger partial charge in [0.15, 0.2) is 0 Å². The Morgan fingerprint density at radius 2 is 1.64 bits per heavy atom. The predicted molar refractivity (Wildman–Crippen MR) is 114 cm³/mol. The number of ether oxygens (including phenoxy) is 1. The molecule has 6 heteroatoms. The minimum absolute atomic E-state index is 0. The van der Waals surface area contributed by atoms with Gasteiger partial charge in [-0.05, 0) is 65.2 Å². The molecule has 0 atom stereocenters. The normalized spacial score (nSPS) is 9.84. The molecule has 0 saturated carbocycles. The van der Waals surface area contributed by atoms with Gasteiger partial charge in [-0.3, -0.25) is 0 Å². The fraction of sp³-hybridized carbons (Fsp3) is 0.368. The van der Waals surface area contributed by atoms with Crippen molar-refractivity contribution in [3.8, 4) is 5.75 Å². The maximum Gasteiger partial charge on any atom is 0.134 e. The van der Waals surface area contributed by atoms with Crippen LogP contribution in [-0.2, 0) is 13.2 Å². The van der Waals surface area contributed by atoms with E-state index in [0.29, 0.717) is 6.61 Å². The summed E-state index contributed by atoms with van der Waals surface area (Å²) in [6.07, 6.45) is 1.15. The highest BCUT2D eigenvalue weighted by molar-refractivity contribution is 9.10. The second kappa shape index (κ2) is 14.4. The van der Waals surface area contributed by atoms with Gasteiger partial charge in [0.1, 0.15) is 12.4 Å². The second-order valence-electron chi connectivity index (χ2n) is 5.42. The zero-order valence-electron chi connectivity index (χ0n) is 14.5. The standard InChI is InChI=1S/C19H25BrN2O.2ClH/c1-2-21-11-6-12-22-14-17-9-10-19(18(20)13-17)23-15-16-7-4-3-5-8-16;;/h3-5,7-10,13,21-22H,2,6,11-12,14-15H2,1H3;2*1H. The first-order chi connectivity index (χ1) is 11.3. The monoisotopic (exact) mass is 448 g/mol. The highest BCUT2D eigenvalue weighted by atomic mass is 79.9. The van der Waals surface area contributed by atoms with Crippen LogP contribution in [0.4, 0.5) is 0 Å². The summed E-state index contributed by atoms with van der Waals surface area (Å²) < 4.78 is 6.87. The summed E-state index contributed by atoms with van der Waals surface area (Å²) in [5.74, 6) is 0.879. The summed E-state index contributed by atoms with van der Waals surface area (Å²) in [6.45, 7) is 6.73. The third kappa shape index (κ3) is 9.47. The first kappa shape index (κ1) is 24.2. The van der Waals surface area contributed by atoms with Crippen LogP contribution in [-0.4, -0.2) is 19.6 Å². The largest absolute Gasteiger partial charge is 0.488 e. The van der Waals surface area contributed by atoms with Crippen LogP contribution in [0, 0.1) is 0 Å². The molecule has 0 spiro atoms. The third-order valence-electron chi connectivity index (χ3n) is 3.52. The van der Waals surface area contributed by atoms with Crippen LogP contribution in [0.1, 0.15) is 24.5 Å². The van der Waals surface area contributed by atoms with Gasteiger partial charge in [0.25, 0.3) is 0 Å².